The highest BCUT2D eigenvalue weighted by Crippen LogP contribution is 2.38. The molecule has 0 saturated carbocycles. The minimum atomic E-state index is -0.832. The molecule has 0 unspecified atom stereocenters. The number of likely N-dealkylation sites (tertiary alicyclic amines) is 1. The fourth-order valence-corrected chi connectivity index (χ4v) is 5.48. The molecule has 0 atom stereocenters. The molecule has 3 aromatic rings. The van der Waals surface area contributed by atoms with E-state index in [9.17, 15) is 9.90 Å². The van der Waals surface area contributed by atoms with Gasteiger partial charge in [-0.15, -0.1) is 0 Å². The summed E-state index contributed by atoms with van der Waals surface area (Å²) >= 11 is 6.04. The van der Waals surface area contributed by atoms with Crippen molar-refractivity contribution in [1.82, 2.24) is 4.90 Å². The quantitative estimate of drug-likeness (QED) is 0.479. The second-order valence-electron chi connectivity index (χ2n) is 10.1. The van der Waals surface area contributed by atoms with Crippen LogP contribution in [0.15, 0.2) is 84.9 Å². The van der Waals surface area contributed by atoms with Gasteiger partial charge in [0, 0.05) is 18.1 Å². The first-order valence-electron chi connectivity index (χ1n) is 12.5. The van der Waals surface area contributed by atoms with E-state index in [0.717, 1.165) is 41.2 Å². The monoisotopic (exact) mass is 491 g/mol. The van der Waals surface area contributed by atoms with Crippen LogP contribution >= 0.6 is 11.6 Å². The molecule has 0 aliphatic carbocycles. The average Bonchev–Trinajstić information content (AvgIpc) is 2.87. The highest BCUT2D eigenvalue weighted by atomic mass is 35.5. The van der Waals surface area contributed by atoms with Crippen molar-refractivity contribution in [3.05, 3.63) is 107 Å². The fourth-order valence-electron chi connectivity index (χ4n) is 5.36. The number of ketones is 1. The predicted octanol–water partition coefficient (Wildman–Crippen LogP) is 3.71. The number of carbonyl (C=O) groups is 1. The summed E-state index contributed by atoms with van der Waals surface area (Å²) in [5.41, 5.74) is 1.48. The molecule has 35 heavy (non-hydrogen) atoms. The van der Waals surface area contributed by atoms with E-state index in [0.29, 0.717) is 30.8 Å². The molecule has 0 aromatic heterocycles. The summed E-state index contributed by atoms with van der Waals surface area (Å²) in [7, 11) is 4.06. The molecule has 1 saturated heterocycles. The number of benzene rings is 3. The van der Waals surface area contributed by atoms with Crippen LogP contribution in [0.5, 0.6) is 0 Å². The summed E-state index contributed by atoms with van der Waals surface area (Å²) in [4.78, 5) is 17.5. The van der Waals surface area contributed by atoms with Gasteiger partial charge in [-0.3, -0.25) is 4.79 Å². The second kappa shape index (κ2) is 11.0. The van der Waals surface area contributed by atoms with Gasteiger partial charge in [-0.25, -0.2) is 0 Å². The van der Waals surface area contributed by atoms with Crippen molar-refractivity contribution in [2.24, 2.45) is 0 Å². The third-order valence-corrected chi connectivity index (χ3v) is 7.64. The maximum atomic E-state index is 14.0. The molecule has 1 aliphatic rings. The van der Waals surface area contributed by atoms with E-state index in [2.05, 4.69) is 29.2 Å². The molecule has 5 heteroatoms. The van der Waals surface area contributed by atoms with Gasteiger partial charge in [0.15, 0.2) is 0 Å². The number of halogens is 1. The van der Waals surface area contributed by atoms with Crippen molar-refractivity contribution in [3.8, 4) is 0 Å². The largest absolute Gasteiger partial charge is 0.385 e. The van der Waals surface area contributed by atoms with Gasteiger partial charge in [0.05, 0.1) is 25.1 Å². The van der Waals surface area contributed by atoms with Gasteiger partial charge in [-0.1, -0.05) is 84.4 Å². The van der Waals surface area contributed by atoms with Gasteiger partial charge in [-0.05, 0) is 54.6 Å². The molecular formula is C30H36ClN2O2+. The highest BCUT2D eigenvalue weighted by Gasteiger charge is 2.43. The zero-order valence-electron chi connectivity index (χ0n) is 20.7. The van der Waals surface area contributed by atoms with Crippen LogP contribution in [-0.2, 0) is 15.8 Å². The highest BCUT2D eigenvalue weighted by molar-refractivity contribution is 6.30. The van der Waals surface area contributed by atoms with Crippen LogP contribution in [-0.4, -0.2) is 56.1 Å². The maximum Gasteiger partial charge on any atom is 0.201 e. The van der Waals surface area contributed by atoms with Crippen LogP contribution in [0.2, 0.25) is 5.02 Å². The van der Waals surface area contributed by atoms with E-state index < -0.39 is 11.0 Å². The molecule has 184 valence electrons. The van der Waals surface area contributed by atoms with Crippen LogP contribution in [0.3, 0.4) is 0 Å². The molecule has 0 spiro atoms. The van der Waals surface area contributed by atoms with Crippen LogP contribution < -0.4 is 4.90 Å². The molecule has 4 rings (SSSR count). The van der Waals surface area contributed by atoms with E-state index in [1.165, 1.54) is 0 Å². The minimum Gasteiger partial charge on any atom is -0.385 e. The summed E-state index contributed by atoms with van der Waals surface area (Å²) in [6, 6.07) is 28.0. The Bertz CT molecular complexity index is 1050. The lowest BCUT2D eigenvalue weighted by Gasteiger charge is -2.41. The number of nitrogens with zero attached hydrogens (tertiary/aromatic N) is 1. The molecular weight excluding hydrogens is 456 g/mol. The van der Waals surface area contributed by atoms with Gasteiger partial charge < -0.3 is 14.9 Å². The Morgan fingerprint density at radius 1 is 0.914 bits per heavy atom. The normalized spacial score (nSPS) is 16.4. The number of likely N-dealkylation sites (N-methyl/N-ethyl adjacent to an activating group) is 1. The zero-order valence-corrected chi connectivity index (χ0v) is 21.5. The first kappa shape index (κ1) is 25.6. The topological polar surface area (TPSA) is 45.0 Å². The van der Waals surface area contributed by atoms with Gasteiger partial charge in [0.2, 0.25) is 5.78 Å². The second-order valence-corrected chi connectivity index (χ2v) is 10.5. The Labute approximate surface area is 214 Å². The van der Waals surface area contributed by atoms with E-state index >= 15 is 0 Å². The van der Waals surface area contributed by atoms with Crippen molar-refractivity contribution >= 4 is 17.4 Å². The lowest BCUT2D eigenvalue weighted by atomic mass is 9.68. The molecule has 1 heterocycles. The van der Waals surface area contributed by atoms with Gasteiger partial charge in [-0.2, -0.15) is 0 Å². The van der Waals surface area contributed by atoms with E-state index in [1.807, 2.05) is 74.8 Å². The molecule has 4 nitrogen and oxygen atoms in total. The van der Waals surface area contributed by atoms with Crippen molar-refractivity contribution in [2.45, 2.75) is 30.3 Å². The summed E-state index contributed by atoms with van der Waals surface area (Å²) < 4.78 is 0. The Balaban J connectivity index is 1.57. The number of hydrogen-bond donors (Lipinski definition) is 2. The Kier molecular flexibility index (Phi) is 8.08. The van der Waals surface area contributed by atoms with Gasteiger partial charge in [0.1, 0.15) is 6.54 Å². The summed E-state index contributed by atoms with van der Waals surface area (Å²) in [5, 5.41) is 12.0. The number of aliphatic hydroxyl groups is 1. The first-order chi connectivity index (χ1) is 16.8. The number of piperidine rings is 1. The number of hydrogen-bond acceptors (Lipinski definition) is 3. The molecule has 3 aromatic carbocycles. The average molecular weight is 492 g/mol. The maximum absolute atomic E-state index is 14.0. The summed E-state index contributed by atoms with van der Waals surface area (Å²) in [6.07, 6.45) is 2.02. The molecule has 1 aliphatic heterocycles. The third-order valence-electron chi connectivity index (χ3n) is 7.39. The van der Waals surface area contributed by atoms with E-state index in [1.54, 1.807) is 0 Å². The standard InChI is InChI=1S/C30H35ClN2O2/c1-32(2)23-28(34)30(25-9-5-3-6-10-25,26-11-7-4-8-12-26)19-22-33-20-17-29(35,18-21-33)24-13-15-27(31)16-14-24/h3-16,35H,17-23H2,1-2H3/p+1. The Morgan fingerprint density at radius 3 is 1.91 bits per heavy atom. The third kappa shape index (κ3) is 5.68. The number of Topliss-reactive ketones (excluding diaryl/α,β-unsaturated/α-hetero) is 1. The fraction of sp³-hybridized carbons (Fsp3) is 0.367. The van der Waals surface area contributed by atoms with Crippen molar-refractivity contribution in [1.29, 1.82) is 0 Å². The first-order valence-corrected chi connectivity index (χ1v) is 12.9. The Hall–Kier alpha value is -2.50. The Morgan fingerprint density at radius 2 is 1.43 bits per heavy atom. The number of quaternary nitrogens is 1. The van der Waals surface area contributed by atoms with Gasteiger partial charge in [0.25, 0.3) is 0 Å². The SMILES string of the molecule is C[NH+](C)CC(=O)C(CCN1CCC(O)(c2ccc(Cl)cc2)CC1)(c1ccccc1)c1ccccc1. The van der Waals surface area contributed by atoms with Crippen molar-refractivity contribution < 1.29 is 14.8 Å². The van der Waals surface area contributed by atoms with Crippen molar-refractivity contribution in [3.63, 3.8) is 0 Å². The van der Waals surface area contributed by atoms with Crippen LogP contribution in [0, 0.1) is 0 Å². The molecule has 2 N–H and O–H groups in total. The predicted molar refractivity (Wildman–Crippen MR) is 142 cm³/mol. The molecule has 0 bridgehead atoms. The lowest BCUT2D eigenvalue weighted by Crippen LogP contribution is -3.07. The van der Waals surface area contributed by atoms with Crippen LogP contribution in [0.25, 0.3) is 0 Å². The van der Waals surface area contributed by atoms with Gasteiger partial charge >= 0.3 is 0 Å². The summed E-state index contributed by atoms with van der Waals surface area (Å²) in [6.45, 7) is 2.81. The van der Waals surface area contributed by atoms with E-state index in [4.69, 9.17) is 11.6 Å². The smallest absolute Gasteiger partial charge is 0.201 e. The molecule has 0 radical (unpaired) electrons. The van der Waals surface area contributed by atoms with Crippen LogP contribution in [0.1, 0.15) is 36.0 Å². The molecule has 1 fully saturated rings. The number of carbonyl (C=O) groups excluding carboxylic acids is 1. The number of rotatable bonds is 9. The zero-order chi connectivity index (χ0) is 24.9. The van der Waals surface area contributed by atoms with E-state index in [-0.39, 0.29) is 5.78 Å². The lowest BCUT2D eigenvalue weighted by molar-refractivity contribution is -0.849. The minimum absolute atomic E-state index is 0.240. The van der Waals surface area contributed by atoms with Crippen molar-refractivity contribution in [2.75, 3.05) is 40.3 Å². The van der Waals surface area contributed by atoms with Crippen LogP contribution in [0.4, 0.5) is 0 Å². The number of nitrogens with one attached hydrogen (secondary N) is 1. The molecule has 0 amide bonds. The summed E-state index contributed by atoms with van der Waals surface area (Å²) in [5.74, 6) is 0.240.